The van der Waals surface area contributed by atoms with Crippen molar-refractivity contribution in [2.24, 2.45) is 0 Å². The molecule has 2 rings (SSSR count). The Morgan fingerprint density at radius 1 is 1.44 bits per heavy atom. The molecule has 0 aromatic heterocycles. The second-order valence-electron chi connectivity index (χ2n) is 4.98. The number of anilines is 1. The van der Waals surface area contributed by atoms with E-state index in [-0.39, 0.29) is 0 Å². The van der Waals surface area contributed by atoms with E-state index >= 15 is 0 Å². The minimum absolute atomic E-state index is 0.602. The Hall–Kier alpha value is -0.500. The van der Waals surface area contributed by atoms with Gasteiger partial charge in [0.15, 0.2) is 0 Å². The largest absolute Gasteiger partial charge is 0.381 e. The van der Waals surface area contributed by atoms with Crippen LogP contribution in [0.1, 0.15) is 50.7 Å². The Morgan fingerprint density at radius 2 is 2.19 bits per heavy atom. The molecule has 0 amide bonds. The van der Waals surface area contributed by atoms with E-state index in [0.717, 1.165) is 0 Å². The summed E-state index contributed by atoms with van der Waals surface area (Å²) in [6.45, 7) is 6.75. The normalized spacial score (nSPS) is 19.4. The minimum Gasteiger partial charge on any atom is -0.381 e. The average Bonchev–Trinajstić information content (AvgIpc) is 2.28. The number of rotatable bonds is 2. The number of hydrogen-bond donors (Lipinski definition) is 1. The standard InChI is InChI=1S/C14H20BrN/c1-4-12-6-5-10-7-11(9(2)3)8-13(15)14(10)16-12/h7-9,12,16H,4-6H2,1-3H3. The maximum absolute atomic E-state index is 3.70. The Balaban J connectivity index is 2.36. The summed E-state index contributed by atoms with van der Waals surface area (Å²) < 4.78 is 1.23. The van der Waals surface area contributed by atoms with Crippen LogP contribution in [0.2, 0.25) is 0 Å². The van der Waals surface area contributed by atoms with Crippen molar-refractivity contribution in [1.29, 1.82) is 0 Å². The molecule has 1 aliphatic rings. The maximum atomic E-state index is 3.70. The smallest absolute Gasteiger partial charge is 0.0519 e. The molecule has 1 nitrogen and oxygen atoms in total. The molecule has 1 aromatic carbocycles. The minimum atomic E-state index is 0.602. The summed E-state index contributed by atoms with van der Waals surface area (Å²) in [6, 6.07) is 5.27. The first-order valence-electron chi connectivity index (χ1n) is 6.20. The second kappa shape index (κ2) is 4.79. The van der Waals surface area contributed by atoms with E-state index in [1.165, 1.54) is 40.5 Å². The molecular weight excluding hydrogens is 262 g/mol. The number of fused-ring (bicyclic) bond motifs is 1. The van der Waals surface area contributed by atoms with E-state index in [2.05, 4.69) is 54.2 Å². The third-order valence-electron chi connectivity index (χ3n) is 3.46. The SMILES string of the molecule is CCC1CCc2cc(C(C)C)cc(Br)c2N1. The van der Waals surface area contributed by atoms with Gasteiger partial charge < -0.3 is 5.32 Å². The van der Waals surface area contributed by atoms with Gasteiger partial charge in [0.2, 0.25) is 0 Å². The summed E-state index contributed by atoms with van der Waals surface area (Å²) in [5, 5.41) is 3.63. The van der Waals surface area contributed by atoms with Crippen LogP contribution < -0.4 is 5.32 Å². The molecule has 1 aromatic rings. The highest BCUT2D eigenvalue weighted by atomic mass is 79.9. The first kappa shape index (κ1) is 12.0. The lowest BCUT2D eigenvalue weighted by Crippen LogP contribution is -2.25. The van der Waals surface area contributed by atoms with Crippen LogP contribution >= 0.6 is 15.9 Å². The highest BCUT2D eigenvalue weighted by molar-refractivity contribution is 9.10. The second-order valence-corrected chi connectivity index (χ2v) is 5.83. The van der Waals surface area contributed by atoms with Crippen LogP contribution in [0, 0.1) is 0 Å². The van der Waals surface area contributed by atoms with Crippen molar-refractivity contribution < 1.29 is 0 Å². The van der Waals surface area contributed by atoms with Gasteiger partial charge in [-0.1, -0.05) is 26.8 Å². The third kappa shape index (κ3) is 2.27. The van der Waals surface area contributed by atoms with Gasteiger partial charge in [-0.05, 0) is 58.3 Å². The number of aryl methyl sites for hydroxylation is 1. The lowest BCUT2D eigenvalue weighted by Gasteiger charge is -2.28. The number of nitrogens with one attached hydrogen (secondary N) is 1. The van der Waals surface area contributed by atoms with Crippen LogP contribution in [-0.2, 0) is 6.42 Å². The van der Waals surface area contributed by atoms with Crippen molar-refractivity contribution in [1.82, 2.24) is 0 Å². The van der Waals surface area contributed by atoms with Gasteiger partial charge in [0.25, 0.3) is 0 Å². The van der Waals surface area contributed by atoms with E-state index < -0.39 is 0 Å². The van der Waals surface area contributed by atoms with Gasteiger partial charge in [-0.3, -0.25) is 0 Å². The van der Waals surface area contributed by atoms with Crippen molar-refractivity contribution in [3.8, 4) is 0 Å². The lowest BCUT2D eigenvalue weighted by molar-refractivity contribution is 0.612. The predicted octanol–water partition coefficient (Wildman–Crippen LogP) is 4.71. The zero-order valence-electron chi connectivity index (χ0n) is 10.3. The third-order valence-corrected chi connectivity index (χ3v) is 4.09. The van der Waals surface area contributed by atoms with Gasteiger partial charge in [0.1, 0.15) is 0 Å². The van der Waals surface area contributed by atoms with Gasteiger partial charge >= 0.3 is 0 Å². The molecule has 0 saturated carbocycles. The molecule has 0 bridgehead atoms. The van der Waals surface area contributed by atoms with Crippen LogP contribution in [0.5, 0.6) is 0 Å². The monoisotopic (exact) mass is 281 g/mol. The molecule has 1 unspecified atom stereocenters. The van der Waals surface area contributed by atoms with Gasteiger partial charge in [0, 0.05) is 10.5 Å². The average molecular weight is 282 g/mol. The zero-order chi connectivity index (χ0) is 11.7. The molecule has 0 aliphatic carbocycles. The molecular formula is C14H20BrN. The Bertz CT molecular complexity index is 385. The van der Waals surface area contributed by atoms with Crippen molar-refractivity contribution in [2.75, 3.05) is 5.32 Å². The van der Waals surface area contributed by atoms with Crippen molar-refractivity contribution in [3.05, 3.63) is 27.7 Å². The van der Waals surface area contributed by atoms with Crippen molar-refractivity contribution >= 4 is 21.6 Å². The molecule has 0 radical (unpaired) electrons. The summed E-state index contributed by atoms with van der Waals surface area (Å²) in [7, 11) is 0. The Labute approximate surface area is 107 Å². The van der Waals surface area contributed by atoms with E-state index in [0.29, 0.717) is 12.0 Å². The summed E-state index contributed by atoms with van der Waals surface area (Å²) in [4.78, 5) is 0. The molecule has 0 saturated heterocycles. The highest BCUT2D eigenvalue weighted by Gasteiger charge is 2.19. The molecule has 0 spiro atoms. The first-order valence-corrected chi connectivity index (χ1v) is 7.00. The van der Waals surface area contributed by atoms with Crippen LogP contribution in [0.4, 0.5) is 5.69 Å². The zero-order valence-corrected chi connectivity index (χ0v) is 11.9. The van der Waals surface area contributed by atoms with Crippen LogP contribution in [0.15, 0.2) is 16.6 Å². The topological polar surface area (TPSA) is 12.0 Å². The maximum Gasteiger partial charge on any atom is 0.0519 e. The van der Waals surface area contributed by atoms with Gasteiger partial charge in [-0.15, -0.1) is 0 Å². The molecule has 1 N–H and O–H groups in total. The fraction of sp³-hybridized carbons (Fsp3) is 0.571. The summed E-state index contributed by atoms with van der Waals surface area (Å²) in [6.07, 6.45) is 3.68. The quantitative estimate of drug-likeness (QED) is 0.828. The van der Waals surface area contributed by atoms with Gasteiger partial charge in [-0.25, -0.2) is 0 Å². The van der Waals surface area contributed by atoms with E-state index in [1.807, 2.05) is 0 Å². The van der Waals surface area contributed by atoms with E-state index in [4.69, 9.17) is 0 Å². The van der Waals surface area contributed by atoms with Crippen molar-refractivity contribution in [3.63, 3.8) is 0 Å². The molecule has 1 atom stereocenters. The highest BCUT2D eigenvalue weighted by Crippen LogP contribution is 2.35. The Morgan fingerprint density at radius 3 is 2.81 bits per heavy atom. The van der Waals surface area contributed by atoms with E-state index in [1.54, 1.807) is 0 Å². The summed E-state index contributed by atoms with van der Waals surface area (Å²) in [5.41, 5.74) is 4.23. The lowest BCUT2D eigenvalue weighted by atomic mass is 9.92. The Kier molecular flexibility index (Phi) is 3.58. The molecule has 16 heavy (non-hydrogen) atoms. The summed E-state index contributed by atoms with van der Waals surface area (Å²) in [5.74, 6) is 0.602. The number of hydrogen-bond acceptors (Lipinski definition) is 1. The molecule has 0 fully saturated rings. The molecule has 2 heteroatoms. The van der Waals surface area contributed by atoms with Crippen LogP contribution in [0.3, 0.4) is 0 Å². The van der Waals surface area contributed by atoms with Gasteiger partial charge in [-0.2, -0.15) is 0 Å². The van der Waals surface area contributed by atoms with Crippen LogP contribution in [-0.4, -0.2) is 6.04 Å². The molecule has 1 aliphatic heterocycles. The predicted molar refractivity (Wildman–Crippen MR) is 74.3 cm³/mol. The van der Waals surface area contributed by atoms with E-state index in [9.17, 15) is 0 Å². The fourth-order valence-corrected chi connectivity index (χ4v) is 2.92. The van der Waals surface area contributed by atoms with Crippen LogP contribution in [0.25, 0.3) is 0 Å². The first-order chi connectivity index (χ1) is 7.61. The molecule has 1 heterocycles. The molecule has 88 valence electrons. The van der Waals surface area contributed by atoms with Crippen molar-refractivity contribution in [2.45, 2.75) is 52.0 Å². The summed E-state index contributed by atoms with van der Waals surface area (Å²) >= 11 is 3.70. The number of halogens is 1. The van der Waals surface area contributed by atoms with Gasteiger partial charge in [0.05, 0.1) is 5.69 Å². The number of benzene rings is 1. The fourth-order valence-electron chi connectivity index (χ4n) is 2.29.